The summed E-state index contributed by atoms with van der Waals surface area (Å²) in [6, 6.07) is 0.0991. The fourth-order valence-electron chi connectivity index (χ4n) is 2.15. The number of rotatable bonds is 4. The molecule has 1 aromatic rings. The number of nitrogens with zero attached hydrogens (tertiary/aromatic N) is 1. The zero-order valence-electron chi connectivity index (χ0n) is 12.5. The van der Waals surface area contributed by atoms with Crippen LogP contribution in [0.5, 0.6) is 0 Å². The van der Waals surface area contributed by atoms with E-state index in [1.807, 2.05) is 12.3 Å². The number of ether oxygens (including phenoxy) is 1. The number of carbonyl (C=O) groups excluding carboxylic acids is 1. The van der Waals surface area contributed by atoms with Crippen LogP contribution in [0.3, 0.4) is 0 Å². The van der Waals surface area contributed by atoms with Crippen LogP contribution >= 0.6 is 11.3 Å². The van der Waals surface area contributed by atoms with E-state index < -0.39 is 0 Å². The fourth-order valence-corrected chi connectivity index (χ4v) is 3.09. The first kappa shape index (κ1) is 15.4. The molecule has 0 radical (unpaired) electrons. The maximum atomic E-state index is 12.3. The number of likely N-dealkylation sites (N-methyl/N-ethyl adjacent to an activating group) is 1. The molecule has 0 aromatic carbocycles. The Kier molecular flexibility index (Phi) is 4.78. The molecule has 2 N–H and O–H groups in total. The summed E-state index contributed by atoms with van der Waals surface area (Å²) in [5.41, 5.74) is 1.01. The minimum Gasteiger partial charge on any atom is -0.379 e. The largest absolute Gasteiger partial charge is 0.379 e. The number of anilines is 1. The van der Waals surface area contributed by atoms with Crippen molar-refractivity contribution in [1.29, 1.82) is 0 Å². The Balaban J connectivity index is 1.99. The topological polar surface area (TPSA) is 63.2 Å². The molecule has 2 rings (SSSR count). The average molecular weight is 297 g/mol. The summed E-state index contributed by atoms with van der Waals surface area (Å²) >= 11 is 1.47. The molecule has 1 aliphatic heterocycles. The number of carbonyl (C=O) groups is 1. The quantitative estimate of drug-likeness (QED) is 0.892. The predicted molar refractivity (Wildman–Crippen MR) is 81.2 cm³/mol. The number of aromatic nitrogens is 1. The van der Waals surface area contributed by atoms with Gasteiger partial charge in [0.05, 0.1) is 24.8 Å². The lowest BCUT2D eigenvalue weighted by Crippen LogP contribution is -2.41. The third-order valence-electron chi connectivity index (χ3n) is 3.39. The molecule has 5 nitrogen and oxygen atoms in total. The molecule has 0 aliphatic carbocycles. The molecule has 112 valence electrons. The van der Waals surface area contributed by atoms with Crippen LogP contribution in [0.2, 0.25) is 0 Å². The highest BCUT2D eigenvalue weighted by molar-refractivity contribution is 7.13. The van der Waals surface area contributed by atoms with Gasteiger partial charge in [0, 0.05) is 16.8 Å². The second-order valence-corrected chi connectivity index (χ2v) is 6.94. The molecule has 1 amide bonds. The summed E-state index contributed by atoms with van der Waals surface area (Å²) in [7, 11) is 0. The van der Waals surface area contributed by atoms with Crippen LogP contribution in [0.1, 0.15) is 33.4 Å². The number of thiazole rings is 1. The van der Waals surface area contributed by atoms with Gasteiger partial charge < -0.3 is 15.4 Å². The molecule has 2 atom stereocenters. The smallest absolute Gasteiger partial charge is 0.233 e. The first-order valence-electron chi connectivity index (χ1n) is 7.00. The van der Waals surface area contributed by atoms with Gasteiger partial charge in [-0.15, -0.1) is 11.3 Å². The highest BCUT2D eigenvalue weighted by Gasteiger charge is 2.33. The SMILES string of the molecule is CCNC1COCC1C(=O)Nc1nc(C(C)(C)C)cs1. The minimum absolute atomic E-state index is 0.00223. The summed E-state index contributed by atoms with van der Waals surface area (Å²) in [5, 5.41) is 8.87. The summed E-state index contributed by atoms with van der Waals surface area (Å²) < 4.78 is 5.40. The molecule has 1 saturated heterocycles. The van der Waals surface area contributed by atoms with Gasteiger partial charge in [-0.2, -0.15) is 0 Å². The number of hydrogen-bond acceptors (Lipinski definition) is 5. The van der Waals surface area contributed by atoms with E-state index in [-0.39, 0.29) is 23.3 Å². The Bertz CT molecular complexity index is 467. The number of nitrogens with one attached hydrogen (secondary N) is 2. The Morgan fingerprint density at radius 3 is 2.85 bits per heavy atom. The first-order valence-corrected chi connectivity index (χ1v) is 7.87. The fraction of sp³-hybridized carbons (Fsp3) is 0.714. The third kappa shape index (κ3) is 3.56. The molecule has 0 saturated carbocycles. The van der Waals surface area contributed by atoms with Crippen LogP contribution in [0.15, 0.2) is 5.38 Å². The summed E-state index contributed by atoms with van der Waals surface area (Å²) in [5.74, 6) is -0.153. The van der Waals surface area contributed by atoms with E-state index in [1.165, 1.54) is 11.3 Å². The Morgan fingerprint density at radius 1 is 1.50 bits per heavy atom. The van der Waals surface area contributed by atoms with E-state index in [9.17, 15) is 4.79 Å². The zero-order valence-corrected chi connectivity index (χ0v) is 13.3. The Morgan fingerprint density at radius 2 is 2.25 bits per heavy atom. The normalized spacial score (nSPS) is 23.0. The molecular weight excluding hydrogens is 274 g/mol. The van der Waals surface area contributed by atoms with Crippen molar-refractivity contribution in [2.24, 2.45) is 5.92 Å². The van der Waals surface area contributed by atoms with Crippen molar-refractivity contribution in [3.63, 3.8) is 0 Å². The van der Waals surface area contributed by atoms with E-state index in [0.717, 1.165) is 12.2 Å². The van der Waals surface area contributed by atoms with E-state index in [4.69, 9.17) is 4.74 Å². The maximum Gasteiger partial charge on any atom is 0.233 e. The van der Waals surface area contributed by atoms with Crippen LogP contribution < -0.4 is 10.6 Å². The Labute approximate surface area is 124 Å². The molecule has 20 heavy (non-hydrogen) atoms. The van der Waals surface area contributed by atoms with Crippen molar-refractivity contribution < 1.29 is 9.53 Å². The van der Waals surface area contributed by atoms with Crippen LogP contribution in [-0.2, 0) is 14.9 Å². The zero-order chi connectivity index (χ0) is 14.8. The van der Waals surface area contributed by atoms with Crippen molar-refractivity contribution in [1.82, 2.24) is 10.3 Å². The van der Waals surface area contributed by atoms with Crippen LogP contribution in [0.4, 0.5) is 5.13 Å². The highest BCUT2D eigenvalue weighted by Crippen LogP contribution is 2.27. The second-order valence-electron chi connectivity index (χ2n) is 6.09. The van der Waals surface area contributed by atoms with Crippen LogP contribution in [0, 0.1) is 5.92 Å². The minimum atomic E-state index is -0.142. The van der Waals surface area contributed by atoms with Crippen molar-refractivity contribution >= 4 is 22.4 Å². The lowest BCUT2D eigenvalue weighted by molar-refractivity contribution is -0.120. The molecule has 1 aromatic heterocycles. The first-order chi connectivity index (χ1) is 9.41. The molecule has 0 spiro atoms. The van der Waals surface area contributed by atoms with Crippen molar-refractivity contribution in [2.45, 2.75) is 39.2 Å². The van der Waals surface area contributed by atoms with Gasteiger partial charge in [0.25, 0.3) is 0 Å². The van der Waals surface area contributed by atoms with Gasteiger partial charge >= 0.3 is 0 Å². The second kappa shape index (κ2) is 6.20. The maximum absolute atomic E-state index is 12.3. The van der Waals surface area contributed by atoms with E-state index in [2.05, 4.69) is 36.4 Å². The van der Waals surface area contributed by atoms with Crippen LogP contribution in [0.25, 0.3) is 0 Å². The molecule has 2 heterocycles. The van der Waals surface area contributed by atoms with Gasteiger partial charge in [-0.3, -0.25) is 4.79 Å². The number of amides is 1. The van der Waals surface area contributed by atoms with Crippen molar-refractivity contribution in [2.75, 3.05) is 25.1 Å². The monoisotopic (exact) mass is 297 g/mol. The van der Waals surface area contributed by atoms with E-state index >= 15 is 0 Å². The van der Waals surface area contributed by atoms with E-state index in [1.54, 1.807) is 0 Å². The Hall–Kier alpha value is -0.980. The van der Waals surface area contributed by atoms with Crippen molar-refractivity contribution in [3.05, 3.63) is 11.1 Å². The number of hydrogen-bond donors (Lipinski definition) is 2. The van der Waals surface area contributed by atoms with Gasteiger partial charge in [0.1, 0.15) is 0 Å². The van der Waals surface area contributed by atoms with Gasteiger partial charge in [-0.25, -0.2) is 4.98 Å². The van der Waals surface area contributed by atoms with Gasteiger partial charge in [-0.1, -0.05) is 27.7 Å². The molecule has 1 aliphatic rings. The van der Waals surface area contributed by atoms with Gasteiger partial charge in [0.2, 0.25) is 5.91 Å². The summed E-state index contributed by atoms with van der Waals surface area (Å²) in [6.45, 7) is 10.3. The van der Waals surface area contributed by atoms with Gasteiger partial charge in [-0.05, 0) is 6.54 Å². The average Bonchev–Trinajstić information content (AvgIpc) is 2.97. The summed E-state index contributed by atoms with van der Waals surface area (Å²) in [4.78, 5) is 16.8. The van der Waals surface area contributed by atoms with E-state index in [0.29, 0.717) is 18.3 Å². The standard InChI is InChI=1S/C14H23N3O2S/c1-5-15-10-7-19-6-9(10)12(18)17-13-16-11(8-20-13)14(2,3)4/h8-10,15H,5-7H2,1-4H3,(H,16,17,18). The molecule has 2 unspecified atom stereocenters. The van der Waals surface area contributed by atoms with Gasteiger partial charge in [0.15, 0.2) is 5.13 Å². The third-order valence-corrected chi connectivity index (χ3v) is 4.14. The van der Waals surface area contributed by atoms with Crippen LogP contribution in [-0.4, -0.2) is 36.7 Å². The molecule has 6 heteroatoms. The molecule has 1 fully saturated rings. The van der Waals surface area contributed by atoms with Crippen molar-refractivity contribution in [3.8, 4) is 0 Å². The molecule has 0 bridgehead atoms. The highest BCUT2D eigenvalue weighted by atomic mass is 32.1. The predicted octanol–water partition coefficient (Wildman–Crippen LogP) is 2.00. The molecular formula is C14H23N3O2S. The summed E-state index contributed by atoms with van der Waals surface area (Å²) in [6.07, 6.45) is 0. The lowest BCUT2D eigenvalue weighted by Gasteiger charge is -2.17. The lowest BCUT2D eigenvalue weighted by atomic mass is 9.93.